The van der Waals surface area contributed by atoms with Crippen molar-refractivity contribution in [1.82, 2.24) is 19.6 Å². The molecule has 2 aromatic heterocycles. The van der Waals surface area contributed by atoms with E-state index >= 15 is 0 Å². The molecule has 7 rings (SSSR count). The zero-order valence-electron chi connectivity index (χ0n) is 18.1. The number of fused-ring (bicyclic) bond motifs is 1. The summed E-state index contributed by atoms with van der Waals surface area (Å²) in [6, 6.07) is 9.92. The summed E-state index contributed by atoms with van der Waals surface area (Å²) >= 11 is 0. The lowest BCUT2D eigenvalue weighted by atomic mass is 9.53. The molecule has 0 atom stereocenters. The number of nitrogens with one attached hydrogen (secondary N) is 2. The van der Waals surface area contributed by atoms with Crippen LogP contribution in [0.2, 0.25) is 0 Å². The second-order valence-corrected chi connectivity index (χ2v) is 10.0. The maximum Gasteiger partial charge on any atom is 0.295 e. The van der Waals surface area contributed by atoms with Crippen molar-refractivity contribution in [2.45, 2.75) is 57.9 Å². The number of benzene rings is 1. The van der Waals surface area contributed by atoms with Crippen LogP contribution >= 0.6 is 0 Å². The predicted molar refractivity (Wildman–Crippen MR) is 119 cm³/mol. The van der Waals surface area contributed by atoms with Crippen molar-refractivity contribution >= 4 is 23.1 Å². The SMILES string of the molecule is Cc1cc(C)n2nc(C(=O)Nc3ccccc3NC34CC5CC(CC(C5)C3)C4)nc2n1. The first-order valence-corrected chi connectivity index (χ1v) is 11.4. The van der Waals surface area contributed by atoms with Crippen LogP contribution in [0.15, 0.2) is 30.3 Å². The normalized spacial score (nSPS) is 28.8. The summed E-state index contributed by atoms with van der Waals surface area (Å²) in [4.78, 5) is 21.7. The lowest BCUT2D eigenvalue weighted by Crippen LogP contribution is -2.54. The topological polar surface area (TPSA) is 84.2 Å². The quantitative estimate of drug-likeness (QED) is 0.660. The third-order valence-electron chi connectivity index (χ3n) is 7.43. The molecule has 1 aromatic carbocycles. The van der Waals surface area contributed by atoms with E-state index in [1.807, 2.05) is 38.1 Å². The van der Waals surface area contributed by atoms with E-state index < -0.39 is 0 Å². The highest BCUT2D eigenvalue weighted by molar-refractivity contribution is 6.03. The van der Waals surface area contributed by atoms with Crippen molar-refractivity contribution in [3.8, 4) is 0 Å². The van der Waals surface area contributed by atoms with Gasteiger partial charge in [0.1, 0.15) is 0 Å². The third kappa shape index (κ3) is 3.27. The molecule has 4 aliphatic rings. The summed E-state index contributed by atoms with van der Waals surface area (Å²) in [7, 11) is 0. The zero-order valence-corrected chi connectivity index (χ0v) is 18.1. The monoisotopic (exact) mass is 416 g/mol. The Morgan fingerprint density at radius 2 is 1.65 bits per heavy atom. The number of hydrogen-bond acceptors (Lipinski definition) is 5. The fraction of sp³-hybridized carbons (Fsp3) is 0.500. The molecule has 0 saturated heterocycles. The minimum absolute atomic E-state index is 0.130. The number of rotatable bonds is 4. The van der Waals surface area contributed by atoms with Gasteiger partial charge in [0.15, 0.2) is 0 Å². The number of amides is 1. The lowest BCUT2D eigenvalue weighted by Gasteiger charge is -2.57. The van der Waals surface area contributed by atoms with Gasteiger partial charge >= 0.3 is 0 Å². The second-order valence-electron chi connectivity index (χ2n) is 10.0. The fourth-order valence-corrected chi connectivity index (χ4v) is 6.69. The Hall–Kier alpha value is -2.96. The minimum atomic E-state index is -0.317. The van der Waals surface area contributed by atoms with Gasteiger partial charge in [-0.05, 0) is 88.3 Å². The smallest absolute Gasteiger partial charge is 0.295 e. The summed E-state index contributed by atoms with van der Waals surface area (Å²) in [5.74, 6) is 2.85. The molecule has 1 amide bonds. The van der Waals surface area contributed by atoms with Crippen LogP contribution in [0.1, 0.15) is 60.5 Å². The average Bonchev–Trinajstić information content (AvgIpc) is 3.13. The fourth-order valence-electron chi connectivity index (χ4n) is 6.69. The summed E-state index contributed by atoms with van der Waals surface area (Å²) in [5.41, 5.74) is 3.71. The molecule has 3 aromatic rings. The van der Waals surface area contributed by atoms with Crippen molar-refractivity contribution in [2.75, 3.05) is 10.6 Å². The van der Waals surface area contributed by atoms with Gasteiger partial charge in [-0.3, -0.25) is 4.79 Å². The Balaban J connectivity index is 1.26. The van der Waals surface area contributed by atoms with Gasteiger partial charge in [0.25, 0.3) is 11.7 Å². The van der Waals surface area contributed by atoms with E-state index in [4.69, 9.17) is 0 Å². The van der Waals surface area contributed by atoms with Gasteiger partial charge in [-0.2, -0.15) is 4.98 Å². The van der Waals surface area contributed by atoms with Crippen LogP contribution in [0.25, 0.3) is 5.78 Å². The lowest BCUT2D eigenvalue weighted by molar-refractivity contribution is 0.0107. The van der Waals surface area contributed by atoms with Crippen LogP contribution in [0.5, 0.6) is 0 Å². The van der Waals surface area contributed by atoms with Crippen LogP contribution in [0.4, 0.5) is 11.4 Å². The molecule has 2 N–H and O–H groups in total. The number of aromatic nitrogens is 4. The molecule has 0 spiro atoms. The number of nitrogens with zero attached hydrogens (tertiary/aromatic N) is 4. The minimum Gasteiger partial charge on any atom is -0.378 e. The van der Waals surface area contributed by atoms with Crippen LogP contribution in [-0.4, -0.2) is 31.0 Å². The highest BCUT2D eigenvalue weighted by Crippen LogP contribution is 2.56. The maximum absolute atomic E-state index is 13.0. The summed E-state index contributed by atoms with van der Waals surface area (Å²) < 4.78 is 1.61. The van der Waals surface area contributed by atoms with Gasteiger partial charge in [0.2, 0.25) is 5.82 Å². The number of para-hydroxylation sites is 2. The molecule has 7 nitrogen and oxygen atoms in total. The molecule has 160 valence electrons. The maximum atomic E-state index is 13.0. The molecular formula is C24H28N6O. The van der Waals surface area contributed by atoms with E-state index in [0.29, 0.717) is 5.78 Å². The Morgan fingerprint density at radius 3 is 2.32 bits per heavy atom. The first-order valence-electron chi connectivity index (χ1n) is 11.4. The molecular weight excluding hydrogens is 388 g/mol. The van der Waals surface area contributed by atoms with Gasteiger partial charge < -0.3 is 10.6 Å². The summed E-state index contributed by atoms with van der Waals surface area (Å²) in [6.07, 6.45) is 7.97. The van der Waals surface area contributed by atoms with E-state index in [9.17, 15) is 4.79 Å². The first kappa shape index (κ1) is 18.8. The Kier molecular flexibility index (Phi) is 4.10. The Morgan fingerprint density at radius 1 is 1.00 bits per heavy atom. The number of carbonyl (C=O) groups is 1. The number of anilines is 2. The van der Waals surface area contributed by atoms with Crippen molar-refractivity contribution in [3.05, 3.63) is 47.5 Å². The van der Waals surface area contributed by atoms with Crippen LogP contribution in [0.3, 0.4) is 0 Å². The van der Waals surface area contributed by atoms with Gasteiger partial charge in [-0.15, -0.1) is 5.10 Å². The van der Waals surface area contributed by atoms with Crippen molar-refractivity contribution in [1.29, 1.82) is 0 Å². The standard InChI is InChI=1S/C24H28N6O/c1-14-7-15(2)30-23(25-14)27-21(29-30)22(31)26-19-5-3-4-6-20(19)28-24-11-16-8-17(12-24)10-18(9-16)13-24/h3-7,16-18,28H,8-13H2,1-2H3,(H,26,31). The van der Waals surface area contributed by atoms with Crippen LogP contribution in [0, 0.1) is 31.6 Å². The average molecular weight is 417 g/mol. The molecule has 31 heavy (non-hydrogen) atoms. The molecule has 4 aliphatic carbocycles. The van der Waals surface area contributed by atoms with Crippen LogP contribution < -0.4 is 10.6 Å². The molecule has 2 heterocycles. The van der Waals surface area contributed by atoms with Crippen LogP contribution in [-0.2, 0) is 0 Å². The van der Waals surface area contributed by atoms with Crippen molar-refractivity contribution in [2.24, 2.45) is 17.8 Å². The number of aryl methyl sites for hydroxylation is 2. The molecule has 0 aliphatic heterocycles. The number of carbonyl (C=O) groups excluding carboxylic acids is 1. The van der Waals surface area contributed by atoms with Gasteiger partial charge in [0.05, 0.1) is 11.4 Å². The highest BCUT2D eigenvalue weighted by Gasteiger charge is 2.51. The molecule has 4 bridgehead atoms. The third-order valence-corrected chi connectivity index (χ3v) is 7.43. The van der Waals surface area contributed by atoms with Crippen molar-refractivity contribution < 1.29 is 4.79 Å². The molecule has 0 radical (unpaired) electrons. The highest BCUT2D eigenvalue weighted by atomic mass is 16.2. The van der Waals surface area contributed by atoms with Gasteiger partial charge in [0, 0.05) is 16.9 Å². The van der Waals surface area contributed by atoms with Gasteiger partial charge in [-0.1, -0.05) is 12.1 Å². The molecule has 7 heteroatoms. The van der Waals surface area contributed by atoms with Crippen molar-refractivity contribution in [3.63, 3.8) is 0 Å². The number of hydrogen-bond donors (Lipinski definition) is 2. The molecule has 0 unspecified atom stereocenters. The predicted octanol–water partition coefficient (Wildman–Crippen LogP) is 4.37. The van der Waals surface area contributed by atoms with E-state index in [1.54, 1.807) is 4.52 Å². The summed E-state index contributed by atoms with van der Waals surface area (Å²) in [5, 5.41) is 11.3. The first-order chi connectivity index (χ1) is 15.0. The summed E-state index contributed by atoms with van der Waals surface area (Å²) in [6.45, 7) is 3.84. The Bertz CT molecular complexity index is 1150. The van der Waals surface area contributed by atoms with E-state index in [-0.39, 0.29) is 17.3 Å². The molecule has 4 fully saturated rings. The zero-order chi connectivity index (χ0) is 21.2. The largest absolute Gasteiger partial charge is 0.378 e. The second kappa shape index (κ2) is 6.77. The molecule has 4 saturated carbocycles. The van der Waals surface area contributed by atoms with Gasteiger partial charge in [-0.25, -0.2) is 9.50 Å². The Labute approximate surface area is 181 Å². The van der Waals surface area contributed by atoms with E-state index in [2.05, 4.69) is 31.8 Å². The van der Waals surface area contributed by atoms with E-state index in [1.165, 1.54) is 38.5 Å². The van der Waals surface area contributed by atoms with E-state index in [0.717, 1.165) is 40.5 Å².